The minimum Gasteiger partial charge on any atom is -0.383 e. The molecule has 0 bridgehead atoms. The van der Waals surface area contributed by atoms with E-state index in [4.69, 9.17) is 16.3 Å². The van der Waals surface area contributed by atoms with Gasteiger partial charge >= 0.3 is 0 Å². The van der Waals surface area contributed by atoms with Crippen LogP contribution in [0, 0.1) is 5.82 Å². The molecule has 2 N–H and O–H groups in total. The molecule has 0 radical (unpaired) electrons. The van der Waals surface area contributed by atoms with Gasteiger partial charge in [-0.2, -0.15) is 5.10 Å². The average molecular weight is 353 g/mol. The molecule has 2 aromatic rings. The molecule has 2 rings (SSSR count). The number of carbonyl (C=O) groups is 1. The van der Waals surface area contributed by atoms with Crippen LogP contribution in [0.5, 0.6) is 0 Å². The van der Waals surface area contributed by atoms with Crippen LogP contribution >= 0.6 is 11.6 Å². The normalized spacial score (nSPS) is 12.7. The Labute approximate surface area is 143 Å². The van der Waals surface area contributed by atoms with Gasteiger partial charge in [-0.1, -0.05) is 18.2 Å². The van der Waals surface area contributed by atoms with Gasteiger partial charge in [0.15, 0.2) is 0 Å². The van der Waals surface area contributed by atoms with E-state index in [-0.39, 0.29) is 23.5 Å². The van der Waals surface area contributed by atoms with Gasteiger partial charge in [0.2, 0.25) is 5.91 Å². The summed E-state index contributed by atoms with van der Waals surface area (Å²) >= 11 is 5.79. The van der Waals surface area contributed by atoms with Crippen LogP contribution in [0.4, 0.5) is 4.39 Å². The number of hydrogen-bond donors (Lipinski definition) is 2. The number of aromatic nitrogens is 2. The molecule has 24 heavy (non-hydrogen) atoms. The summed E-state index contributed by atoms with van der Waals surface area (Å²) in [6.45, 7) is 6.01. The highest BCUT2D eigenvalue weighted by Crippen LogP contribution is 2.23. The van der Waals surface area contributed by atoms with Crippen molar-refractivity contribution < 1.29 is 13.9 Å². The summed E-state index contributed by atoms with van der Waals surface area (Å²) in [6, 6.07) is 2.64. The predicted molar refractivity (Wildman–Crippen MR) is 92.1 cm³/mol. The van der Waals surface area contributed by atoms with Crippen LogP contribution in [0.25, 0.3) is 10.9 Å². The minimum absolute atomic E-state index is 0.0846. The van der Waals surface area contributed by atoms with Crippen molar-refractivity contribution in [1.82, 2.24) is 15.5 Å². The number of benzene rings is 1. The lowest BCUT2D eigenvalue weighted by Crippen LogP contribution is -2.36. The molecule has 6 nitrogen and oxygen atoms in total. The second-order valence-electron chi connectivity index (χ2n) is 5.32. The molecule has 1 atom stereocenters. The van der Waals surface area contributed by atoms with Crippen molar-refractivity contribution in [2.75, 3.05) is 20.3 Å². The number of carbonyl (C=O) groups excluding carboxylic acids is 1. The zero-order chi connectivity index (χ0) is 17.7. The number of nitrogens with zero attached hydrogens (tertiary/aromatic N) is 2. The summed E-state index contributed by atoms with van der Waals surface area (Å²) in [5.74, 6) is -0.790. The Hall–Kier alpha value is -2.25. The Kier molecular flexibility index (Phi) is 6.05. The van der Waals surface area contributed by atoms with Gasteiger partial charge in [-0.05, 0) is 19.1 Å². The summed E-state index contributed by atoms with van der Waals surface area (Å²) in [4.78, 5) is 16.0. The van der Waals surface area contributed by atoms with E-state index < -0.39 is 5.82 Å². The average Bonchev–Trinajstić information content (AvgIpc) is 2.90. The predicted octanol–water partition coefficient (Wildman–Crippen LogP) is 2.48. The van der Waals surface area contributed by atoms with Gasteiger partial charge in [0.25, 0.3) is 0 Å². The second-order valence-corrected chi connectivity index (χ2v) is 5.76. The number of rotatable bonds is 7. The van der Waals surface area contributed by atoms with Crippen molar-refractivity contribution in [3.8, 4) is 0 Å². The lowest BCUT2D eigenvalue weighted by molar-refractivity contribution is -0.118. The monoisotopic (exact) mass is 352 g/mol. The highest BCUT2D eigenvalue weighted by atomic mass is 35.5. The van der Waals surface area contributed by atoms with Crippen LogP contribution in [0.3, 0.4) is 0 Å². The lowest BCUT2D eigenvalue weighted by Gasteiger charge is -2.12. The van der Waals surface area contributed by atoms with Crippen LogP contribution in [-0.2, 0) is 9.53 Å². The van der Waals surface area contributed by atoms with Gasteiger partial charge in [0.1, 0.15) is 5.82 Å². The summed E-state index contributed by atoms with van der Waals surface area (Å²) in [7, 11) is 1.56. The third kappa shape index (κ3) is 4.39. The first-order valence-corrected chi connectivity index (χ1v) is 7.60. The van der Waals surface area contributed by atoms with Gasteiger partial charge in [-0.15, -0.1) is 0 Å². The maximum absolute atomic E-state index is 14.0. The number of aromatic amines is 1. The summed E-state index contributed by atoms with van der Waals surface area (Å²) < 4.78 is 18.9. The molecule has 0 aliphatic rings. The third-order valence-electron chi connectivity index (χ3n) is 3.22. The van der Waals surface area contributed by atoms with Crippen molar-refractivity contribution in [2.45, 2.75) is 13.0 Å². The van der Waals surface area contributed by atoms with E-state index in [0.29, 0.717) is 28.8 Å². The van der Waals surface area contributed by atoms with Crippen LogP contribution < -0.4 is 5.32 Å². The number of fused-ring (bicyclic) bond motifs is 1. The molecule has 1 aromatic carbocycles. The zero-order valence-electron chi connectivity index (χ0n) is 13.4. The zero-order valence-corrected chi connectivity index (χ0v) is 14.2. The summed E-state index contributed by atoms with van der Waals surface area (Å²) in [5.41, 5.74) is 1.10. The molecule has 1 amide bonds. The van der Waals surface area contributed by atoms with E-state index in [1.54, 1.807) is 13.2 Å². The molecule has 0 saturated carbocycles. The van der Waals surface area contributed by atoms with Gasteiger partial charge in [-0.3, -0.25) is 14.9 Å². The number of halogens is 2. The number of aliphatic imine (C=N–C) groups is 1. The SMILES string of the molecule is C=C(CN=Cc1[nH]nc2cc(Cl)cc(F)c12)C(=O)NC(C)COC. The lowest BCUT2D eigenvalue weighted by atomic mass is 10.2. The minimum atomic E-state index is -0.488. The standard InChI is InChI=1S/C16H18ClFN4O2/c1-9(16(23)20-10(2)8-24-3)6-19-7-14-15-12(18)4-11(17)5-13(15)21-22-14/h4-5,7,10H,1,6,8H2,2-3H3,(H,20,23)(H,21,22). The number of ether oxygens (including phenoxy) is 1. The Bertz CT molecular complexity index is 788. The molecule has 0 saturated heterocycles. The van der Waals surface area contributed by atoms with E-state index in [9.17, 15) is 9.18 Å². The molecule has 0 fully saturated rings. The van der Waals surface area contributed by atoms with E-state index >= 15 is 0 Å². The second kappa shape index (κ2) is 8.03. The Morgan fingerprint density at radius 2 is 2.38 bits per heavy atom. The molecule has 0 spiro atoms. The maximum atomic E-state index is 14.0. The fourth-order valence-corrected chi connectivity index (χ4v) is 2.32. The largest absolute Gasteiger partial charge is 0.383 e. The van der Waals surface area contributed by atoms with E-state index in [2.05, 4.69) is 27.1 Å². The molecular weight excluding hydrogens is 335 g/mol. The Morgan fingerprint density at radius 1 is 1.62 bits per heavy atom. The molecule has 0 aliphatic heterocycles. The van der Waals surface area contributed by atoms with Gasteiger partial charge in [-0.25, -0.2) is 4.39 Å². The van der Waals surface area contributed by atoms with Crippen molar-refractivity contribution in [2.24, 2.45) is 4.99 Å². The molecule has 1 unspecified atom stereocenters. The molecule has 128 valence electrons. The highest BCUT2D eigenvalue weighted by molar-refractivity contribution is 6.31. The third-order valence-corrected chi connectivity index (χ3v) is 3.44. The van der Waals surface area contributed by atoms with Crippen molar-refractivity contribution in [3.05, 3.63) is 40.8 Å². The first kappa shape index (κ1) is 18.1. The van der Waals surface area contributed by atoms with E-state index in [1.807, 2.05) is 6.92 Å². The topological polar surface area (TPSA) is 79.4 Å². The van der Waals surface area contributed by atoms with E-state index in [0.717, 1.165) is 0 Å². The fraction of sp³-hybridized carbons (Fsp3) is 0.312. The van der Waals surface area contributed by atoms with Crippen LogP contribution in [0.1, 0.15) is 12.6 Å². The van der Waals surface area contributed by atoms with Gasteiger partial charge in [0.05, 0.1) is 29.7 Å². The van der Waals surface area contributed by atoms with E-state index in [1.165, 1.54) is 12.3 Å². The molecule has 1 heterocycles. The van der Waals surface area contributed by atoms with Crippen LogP contribution in [-0.4, -0.2) is 48.6 Å². The molecule has 0 aliphatic carbocycles. The smallest absolute Gasteiger partial charge is 0.248 e. The van der Waals surface area contributed by atoms with Crippen molar-refractivity contribution >= 4 is 34.6 Å². The number of hydrogen-bond acceptors (Lipinski definition) is 4. The number of amides is 1. The first-order chi connectivity index (χ1) is 11.4. The van der Waals surface area contributed by atoms with Crippen LogP contribution in [0.2, 0.25) is 5.02 Å². The number of methoxy groups -OCH3 is 1. The maximum Gasteiger partial charge on any atom is 0.248 e. The molecule has 1 aromatic heterocycles. The van der Waals surface area contributed by atoms with Gasteiger partial charge in [0, 0.05) is 30.0 Å². The first-order valence-electron chi connectivity index (χ1n) is 7.23. The number of nitrogens with one attached hydrogen (secondary N) is 2. The summed E-state index contributed by atoms with van der Waals surface area (Å²) in [5, 5.41) is 9.97. The quantitative estimate of drug-likeness (QED) is 0.593. The van der Waals surface area contributed by atoms with Gasteiger partial charge < -0.3 is 10.1 Å². The molecule has 8 heteroatoms. The highest BCUT2D eigenvalue weighted by Gasteiger charge is 2.12. The fourth-order valence-electron chi connectivity index (χ4n) is 2.12. The van der Waals surface area contributed by atoms with Crippen LogP contribution in [0.15, 0.2) is 29.3 Å². The Balaban J connectivity index is 2.02. The summed E-state index contributed by atoms with van der Waals surface area (Å²) in [6.07, 6.45) is 1.42. The Morgan fingerprint density at radius 3 is 3.08 bits per heavy atom. The van der Waals surface area contributed by atoms with Crippen molar-refractivity contribution in [3.63, 3.8) is 0 Å². The van der Waals surface area contributed by atoms with Crippen molar-refractivity contribution in [1.29, 1.82) is 0 Å². The molecular formula is C16H18ClFN4O2. The number of H-pyrrole nitrogens is 1.